The molecule has 0 aliphatic heterocycles. The van der Waals surface area contributed by atoms with Crippen LogP contribution in [0.25, 0.3) is 0 Å². The van der Waals surface area contributed by atoms with E-state index in [-0.39, 0.29) is 18.6 Å². The Morgan fingerprint density at radius 3 is 2.75 bits per heavy atom. The number of carbonyl (C=O) groups excluding carboxylic acids is 1. The van der Waals surface area contributed by atoms with Gasteiger partial charge in [-0.1, -0.05) is 29.3 Å². The Morgan fingerprint density at radius 1 is 1.45 bits per heavy atom. The Morgan fingerprint density at radius 2 is 2.15 bits per heavy atom. The molecule has 1 aromatic rings. The van der Waals surface area contributed by atoms with Gasteiger partial charge < -0.3 is 20.5 Å². The van der Waals surface area contributed by atoms with E-state index in [1.807, 2.05) is 6.92 Å². The minimum atomic E-state index is -0.900. The van der Waals surface area contributed by atoms with Crippen LogP contribution in [-0.2, 0) is 4.74 Å². The third-order valence-electron chi connectivity index (χ3n) is 2.57. The summed E-state index contributed by atoms with van der Waals surface area (Å²) in [4.78, 5) is 11.6. The number of carbonyl (C=O) groups is 1. The van der Waals surface area contributed by atoms with Crippen LogP contribution in [0.2, 0.25) is 10.0 Å². The predicted molar refractivity (Wildman–Crippen MR) is 79.3 cm³/mol. The molecule has 7 heteroatoms. The lowest BCUT2D eigenvalue weighted by molar-refractivity contribution is 0.162. The first kappa shape index (κ1) is 17.0. The van der Waals surface area contributed by atoms with Crippen LogP contribution >= 0.6 is 23.2 Å². The number of ether oxygens (including phenoxy) is 1. The van der Waals surface area contributed by atoms with E-state index in [0.29, 0.717) is 22.2 Å². The molecule has 0 radical (unpaired) electrons. The number of nitrogens with one attached hydrogen (secondary N) is 2. The van der Waals surface area contributed by atoms with Crippen molar-refractivity contribution in [1.82, 2.24) is 10.6 Å². The predicted octanol–water partition coefficient (Wildman–Crippen LogP) is 2.36. The molecule has 0 aliphatic carbocycles. The lowest BCUT2D eigenvalue weighted by Crippen LogP contribution is -2.43. The van der Waals surface area contributed by atoms with Gasteiger partial charge in [0.15, 0.2) is 0 Å². The zero-order valence-electron chi connectivity index (χ0n) is 11.3. The van der Waals surface area contributed by atoms with Gasteiger partial charge in [-0.05, 0) is 19.1 Å². The van der Waals surface area contributed by atoms with Crippen LogP contribution in [0.3, 0.4) is 0 Å². The van der Waals surface area contributed by atoms with Crippen LogP contribution in [0.4, 0.5) is 4.79 Å². The molecule has 1 aromatic carbocycles. The van der Waals surface area contributed by atoms with E-state index < -0.39 is 6.10 Å². The average molecular weight is 321 g/mol. The normalized spacial score (nSPS) is 13.7. The first-order valence-electron chi connectivity index (χ1n) is 6.10. The molecule has 0 fully saturated rings. The summed E-state index contributed by atoms with van der Waals surface area (Å²) in [6.45, 7) is 2.28. The Kier molecular flexibility index (Phi) is 7.09. The number of aliphatic hydroxyl groups is 1. The summed E-state index contributed by atoms with van der Waals surface area (Å²) in [6, 6.07) is 4.31. The maximum atomic E-state index is 11.6. The van der Waals surface area contributed by atoms with Crippen molar-refractivity contribution in [3.8, 4) is 0 Å². The Bertz CT molecular complexity index is 457. The SMILES string of the molecule is COCC(C)NC(=O)NCC(O)c1ccc(Cl)cc1Cl. The van der Waals surface area contributed by atoms with Crippen molar-refractivity contribution >= 4 is 29.2 Å². The third kappa shape index (κ3) is 5.54. The zero-order chi connectivity index (χ0) is 15.1. The van der Waals surface area contributed by atoms with Crippen molar-refractivity contribution < 1.29 is 14.6 Å². The molecular formula is C13H18Cl2N2O3. The summed E-state index contributed by atoms with van der Waals surface area (Å²) >= 11 is 11.8. The van der Waals surface area contributed by atoms with Gasteiger partial charge in [0, 0.05) is 29.3 Å². The summed E-state index contributed by atoms with van der Waals surface area (Å²) < 4.78 is 4.90. The van der Waals surface area contributed by atoms with E-state index in [1.54, 1.807) is 25.3 Å². The molecule has 20 heavy (non-hydrogen) atoms. The molecule has 2 unspecified atom stereocenters. The molecule has 1 rings (SSSR count). The molecule has 5 nitrogen and oxygen atoms in total. The van der Waals surface area contributed by atoms with E-state index in [9.17, 15) is 9.90 Å². The first-order chi connectivity index (χ1) is 9.43. The second-order valence-corrected chi connectivity index (χ2v) is 5.24. The molecule has 0 saturated carbocycles. The average Bonchev–Trinajstić information content (AvgIpc) is 2.36. The van der Waals surface area contributed by atoms with Gasteiger partial charge in [-0.15, -0.1) is 0 Å². The molecule has 2 amide bonds. The number of benzene rings is 1. The second kappa shape index (κ2) is 8.32. The number of aliphatic hydroxyl groups excluding tert-OH is 1. The molecule has 0 saturated heterocycles. The highest BCUT2D eigenvalue weighted by atomic mass is 35.5. The molecule has 3 N–H and O–H groups in total. The Balaban J connectivity index is 2.46. The van der Waals surface area contributed by atoms with Crippen molar-refractivity contribution in [3.05, 3.63) is 33.8 Å². The number of methoxy groups -OCH3 is 1. The highest BCUT2D eigenvalue weighted by Crippen LogP contribution is 2.25. The topological polar surface area (TPSA) is 70.6 Å². The monoisotopic (exact) mass is 320 g/mol. The zero-order valence-corrected chi connectivity index (χ0v) is 12.8. The smallest absolute Gasteiger partial charge is 0.315 e. The van der Waals surface area contributed by atoms with Crippen molar-refractivity contribution in [2.75, 3.05) is 20.3 Å². The van der Waals surface area contributed by atoms with Crippen molar-refractivity contribution in [3.63, 3.8) is 0 Å². The molecule has 2 atom stereocenters. The van der Waals surface area contributed by atoms with E-state index in [0.717, 1.165) is 0 Å². The van der Waals surface area contributed by atoms with Crippen LogP contribution < -0.4 is 10.6 Å². The van der Waals surface area contributed by atoms with Gasteiger partial charge in [-0.2, -0.15) is 0 Å². The fourth-order valence-corrected chi connectivity index (χ4v) is 2.17. The summed E-state index contributed by atoms with van der Waals surface area (Å²) in [7, 11) is 1.56. The molecule has 0 bridgehead atoms. The molecule has 0 heterocycles. The summed E-state index contributed by atoms with van der Waals surface area (Å²) in [5, 5.41) is 16.1. The maximum absolute atomic E-state index is 11.6. The first-order valence-corrected chi connectivity index (χ1v) is 6.86. The lowest BCUT2D eigenvalue weighted by atomic mass is 10.1. The van der Waals surface area contributed by atoms with Crippen LogP contribution in [0.5, 0.6) is 0 Å². The van der Waals surface area contributed by atoms with Gasteiger partial charge in [0.2, 0.25) is 0 Å². The largest absolute Gasteiger partial charge is 0.387 e. The summed E-state index contributed by atoms with van der Waals surface area (Å²) in [5.41, 5.74) is 0.515. The number of halogens is 2. The van der Waals surface area contributed by atoms with Crippen molar-refractivity contribution in [2.45, 2.75) is 19.1 Å². The minimum Gasteiger partial charge on any atom is -0.387 e. The van der Waals surface area contributed by atoms with Crippen LogP contribution in [0.15, 0.2) is 18.2 Å². The van der Waals surface area contributed by atoms with E-state index in [4.69, 9.17) is 27.9 Å². The maximum Gasteiger partial charge on any atom is 0.315 e. The van der Waals surface area contributed by atoms with Gasteiger partial charge in [0.1, 0.15) is 0 Å². The van der Waals surface area contributed by atoms with Gasteiger partial charge in [-0.25, -0.2) is 4.79 Å². The van der Waals surface area contributed by atoms with Crippen LogP contribution in [-0.4, -0.2) is 37.4 Å². The lowest BCUT2D eigenvalue weighted by Gasteiger charge is -2.16. The quantitative estimate of drug-likeness (QED) is 0.753. The number of urea groups is 1. The van der Waals surface area contributed by atoms with Gasteiger partial charge in [0.25, 0.3) is 0 Å². The van der Waals surface area contributed by atoms with Gasteiger partial charge in [0.05, 0.1) is 18.8 Å². The molecular weight excluding hydrogens is 303 g/mol. The number of amides is 2. The van der Waals surface area contributed by atoms with Gasteiger partial charge >= 0.3 is 6.03 Å². The summed E-state index contributed by atoms with van der Waals surface area (Å²) in [6.07, 6.45) is -0.900. The van der Waals surface area contributed by atoms with E-state index >= 15 is 0 Å². The van der Waals surface area contributed by atoms with E-state index in [2.05, 4.69) is 10.6 Å². The Hall–Kier alpha value is -1.01. The minimum absolute atomic E-state index is 0.0485. The fraction of sp³-hybridized carbons (Fsp3) is 0.462. The molecule has 0 aromatic heterocycles. The third-order valence-corrected chi connectivity index (χ3v) is 3.13. The number of hydrogen-bond acceptors (Lipinski definition) is 3. The highest BCUT2D eigenvalue weighted by molar-refractivity contribution is 6.35. The molecule has 0 spiro atoms. The fourth-order valence-electron chi connectivity index (χ4n) is 1.64. The number of rotatable bonds is 6. The second-order valence-electron chi connectivity index (χ2n) is 4.39. The highest BCUT2D eigenvalue weighted by Gasteiger charge is 2.14. The molecule has 0 aliphatic rings. The van der Waals surface area contributed by atoms with Gasteiger partial charge in [-0.3, -0.25) is 0 Å². The standard InChI is InChI=1S/C13H18Cl2N2O3/c1-8(7-20-2)17-13(19)16-6-12(18)10-4-3-9(14)5-11(10)15/h3-5,8,12,18H,6-7H2,1-2H3,(H2,16,17,19). The molecule has 112 valence electrons. The Labute approximate surface area is 128 Å². The van der Waals surface area contributed by atoms with Crippen LogP contribution in [0, 0.1) is 0 Å². The van der Waals surface area contributed by atoms with Crippen LogP contribution in [0.1, 0.15) is 18.6 Å². The number of hydrogen-bond donors (Lipinski definition) is 3. The summed E-state index contributed by atoms with van der Waals surface area (Å²) in [5.74, 6) is 0. The van der Waals surface area contributed by atoms with Crippen molar-refractivity contribution in [1.29, 1.82) is 0 Å². The van der Waals surface area contributed by atoms with E-state index in [1.165, 1.54) is 0 Å². The van der Waals surface area contributed by atoms with Crippen molar-refractivity contribution in [2.24, 2.45) is 0 Å².